The molecule has 0 heterocycles. The van der Waals surface area contributed by atoms with Crippen LogP contribution >= 0.6 is 0 Å². The average molecular weight is 346 g/mol. The predicted molar refractivity (Wildman–Crippen MR) is 104 cm³/mol. The fourth-order valence-electron chi connectivity index (χ4n) is 2.83. The van der Waals surface area contributed by atoms with E-state index in [1.165, 1.54) is 12.1 Å². The van der Waals surface area contributed by atoms with Crippen molar-refractivity contribution in [3.63, 3.8) is 0 Å². The minimum atomic E-state index is -0.984. The van der Waals surface area contributed by atoms with Crippen molar-refractivity contribution in [3.8, 4) is 0 Å². The van der Waals surface area contributed by atoms with Crippen LogP contribution in [0.25, 0.3) is 18.2 Å². The van der Waals surface area contributed by atoms with Gasteiger partial charge in [-0.3, -0.25) is 0 Å². The quantitative estimate of drug-likeness (QED) is 0.691. The Kier molecular flexibility index (Phi) is 5.59. The molecule has 2 aromatic carbocycles. The Hall–Kier alpha value is -3.20. The minimum absolute atomic E-state index is 0.220. The lowest BCUT2D eigenvalue weighted by molar-refractivity contribution is 0.0696. The van der Waals surface area contributed by atoms with Crippen molar-refractivity contribution in [2.75, 3.05) is 0 Å². The van der Waals surface area contributed by atoms with Crippen molar-refractivity contribution in [3.05, 3.63) is 101 Å². The highest BCUT2D eigenvalue weighted by Crippen LogP contribution is 2.19. The van der Waals surface area contributed by atoms with E-state index >= 15 is 0 Å². The topological polar surface area (TPSA) is 37.3 Å². The van der Waals surface area contributed by atoms with E-state index in [2.05, 4.69) is 18.2 Å². The van der Waals surface area contributed by atoms with Crippen molar-refractivity contribution in [1.82, 2.24) is 0 Å². The van der Waals surface area contributed by atoms with Gasteiger partial charge in [0.15, 0.2) is 0 Å². The maximum atomic E-state index is 13.9. The second kappa shape index (κ2) is 8.26. The number of hydrogen-bond donors (Lipinski definition) is 1. The molecular formula is C23H19FO2. The predicted octanol–water partition coefficient (Wildman–Crippen LogP) is 5.84. The van der Waals surface area contributed by atoms with E-state index in [4.69, 9.17) is 0 Å². The molecule has 130 valence electrons. The molecule has 3 rings (SSSR count). The summed E-state index contributed by atoms with van der Waals surface area (Å²) in [6.45, 7) is 0. The van der Waals surface area contributed by atoms with Crippen LogP contribution in [0.5, 0.6) is 0 Å². The first-order valence-corrected chi connectivity index (χ1v) is 8.44. The molecule has 0 amide bonds. The summed E-state index contributed by atoms with van der Waals surface area (Å²) in [6, 6.07) is 11.5. The summed E-state index contributed by atoms with van der Waals surface area (Å²) in [4.78, 5) is 11.3. The largest absolute Gasteiger partial charge is 0.478 e. The number of halogens is 1. The zero-order valence-corrected chi connectivity index (χ0v) is 14.2. The zero-order chi connectivity index (χ0) is 18.4. The lowest BCUT2D eigenvalue weighted by Gasteiger charge is -2.07. The van der Waals surface area contributed by atoms with Gasteiger partial charge in [-0.05, 0) is 53.3 Å². The number of allylic oxidation sites excluding steroid dienone is 5. The Morgan fingerprint density at radius 3 is 2.54 bits per heavy atom. The van der Waals surface area contributed by atoms with Crippen LogP contribution < -0.4 is 0 Å². The van der Waals surface area contributed by atoms with Crippen molar-refractivity contribution in [2.45, 2.75) is 6.42 Å². The van der Waals surface area contributed by atoms with E-state index in [9.17, 15) is 14.3 Å². The molecule has 1 atom stereocenters. The van der Waals surface area contributed by atoms with Crippen LogP contribution in [0.4, 0.5) is 4.39 Å². The van der Waals surface area contributed by atoms with Gasteiger partial charge in [0.25, 0.3) is 0 Å². The number of rotatable bonds is 5. The van der Waals surface area contributed by atoms with Crippen LogP contribution in [0.3, 0.4) is 0 Å². The summed E-state index contributed by atoms with van der Waals surface area (Å²) >= 11 is 0. The molecule has 1 aliphatic carbocycles. The molecule has 0 fully saturated rings. The van der Waals surface area contributed by atoms with Gasteiger partial charge in [0.05, 0.1) is 5.56 Å². The molecular weight excluding hydrogens is 327 g/mol. The molecule has 0 aliphatic heterocycles. The number of aromatic carboxylic acids is 1. The van der Waals surface area contributed by atoms with Crippen LogP contribution in [0.1, 0.15) is 33.5 Å². The van der Waals surface area contributed by atoms with E-state index in [-0.39, 0.29) is 11.4 Å². The summed E-state index contributed by atoms with van der Waals surface area (Å²) in [6.07, 6.45) is 16.6. The van der Waals surface area contributed by atoms with Crippen LogP contribution in [0.15, 0.2) is 72.8 Å². The highest BCUT2D eigenvalue weighted by atomic mass is 19.1. The first kappa shape index (κ1) is 17.6. The Bertz CT molecular complexity index is 920. The third-order valence-electron chi connectivity index (χ3n) is 4.14. The third kappa shape index (κ3) is 4.67. The average Bonchev–Trinajstić information content (AvgIpc) is 2.65. The second-order valence-electron chi connectivity index (χ2n) is 6.12. The van der Waals surface area contributed by atoms with E-state index in [0.717, 1.165) is 12.0 Å². The Morgan fingerprint density at radius 1 is 1.04 bits per heavy atom. The molecule has 0 saturated heterocycles. The van der Waals surface area contributed by atoms with Crippen LogP contribution in [0, 0.1) is 11.7 Å². The summed E-state index contributed by atoms with van der Waals surface area (Å²) in [5, 5.41) is 9.23. The molecule has 1 N–H and O–H groups in total. The Labute approximate surface area is 152 Å². The van der Waals surface area contributed by atoms with E-state index < -0.39 is 5.97 Å². The van der Waals surface area contributed by atoms with Crippen molar-refractivity contribution < 1.29 is 14.3 Å². The summed E-state index contributed by atoms with van der Waals surface area (Å²) in [5.74, 6) is -0.982. The number of carbonyl (C=O) groups is 1. The highest BCUT2D eigenvalue weighted by molar-refractivity contribution is 5.93. The Balaban J connectivity index is 1.82. The van der Waals surface area contributed by atoms with Gasteiger partial charge in [0, 0.05) is 0 Å². The fraction of sp³-hybridized carbons (Fsp3) is 0.0870. The standard InChI is InChI=1S/C23H19FO2/c24-21-15-18(11-10-17-6-2-1-3-7-17)14-19(16-21)12-13-20-8-4-5-9-22(20)23(25)26/h1-6,8-17H,7H2,(H,25,26)/b11-10+,13-12+. The van der Waals surface area contributed by atoms with Crippen molar-refractivity contribution in [1.29, 1.82) is 0 Å². The van der Waals surface area contributed by atoms with Crippen molar-refractivity contribution >= 4 is 24.2 Å². The smallest absolute Gasteiger partial charge is 0.336 e. The summed E-state index contributed by atoms with van der Waals surface area (Å²) < 4.78 is 13.9. The number of benzene rings is 2. The maximum absolute atomic E-state index is 13.9. The number of carboxylic acid groups (broad SMARTS) is 1. The van der Waals surface area contributed by atoms with E-state index in [1.807, 2.05) is 24.3 Å². The molecule has 1 unspecified atom stereocenters. The molecule has 0 saturated carbocycles. The molecule has 3 heteroatoms. The van der Waals surface area contributed by atoms with Crippen LogP contribution in [-0.4, -0.2) is 11.1 Å². The first-order chi connectivity index (χ1) is 12.6. The monoisotopic (exact) mass is 346 g/mol. The van der Waals surface area contributed by atoms with Gasteiger partial charge in [0.2, 0.25) is 0 Å². The van der Waals surface area contributed by atoms with Gasteiger partial charge in [-0.1, -0.05) is 66.8 Å². The summed E-state index contributed by atoms with van der Waals surface area (Å²) in [5.41, 5.74) is 2.26. The molecule has 2 nitrogen and oxygen atoms in total. The fourth-order valence-corrected chi connectivity index (χ4v) is 2.83. The number of carboxylic acids is 1. The zero-order valence-electron chi connectivity index (χ0n) is 14.2. The van der Waals surface area contributed by atoms with Gasteiger partial charge < -0.3 is 5.11 Å². The molecule has 0 spiro atoms. The number of hydrogen-bond acceptors (Lipinski definition) is 1. The molecule has 0 aromatic heterocycles. The van der Waals surface area contributed by atoms with Gasteiger partial charge in [-0.25, -0.2) is 9.18 Å². The minimum Gasteiger partial charge on any atom is -0.478 e. The second-order valence-corrected chi connectivity index (χ2v) is 6.12. The first-order valence-electron chi connectivity index (χ1n) is 8.44. The lowest BCUT2D eigenvalue weighted by Crippen LogP contribution is -1.98. The maximum Gasteiger partial charge on any atom is 0.336 e. The highest BCUT2D eigenvalue weighted by Gasteiger charge is 2.06. The molecule has 1 aliphatic rings. The molecule has 26 heavy (non-hydrogen) atoms. The van der Waals surface area contributed by atoms with Gasteiger partial charge in [-0.2, -0.15) is 0 Å². The van der Waals surface area contributed by atoms with Crippen LogP contribution in [0.2, 0.25) is 0 Å². The molecule has 0 bridgehead atoms. The van der Waals surface area contributed by atoms with E-state index in [1.54, 1.807) is 36.4 Å². The third-order valence-corrected chi connectivity index (χ3v) is 4.14. The Morgan fingerprint density at radius 2 is 1.81 bits per heavy atom. The van der Waals surface area contributed by atoms with Gasteiger partial charge >= 0.3 is 5.97 Å². The summed E-state index contributed by atoms with van der Waals surface area (Å²) in [7, 11) is 0. The lowest BCUT2D eigenvalue weighted by atomic mass is 9.99. The molecule has 2 aromatic rings. The van der Waals surface area contributed by atoms with Crippen LogP contribution in [-0.2, 0) is 0 Å². The van der Waals surface area contributed by atoms with Gasteiger partial charge in [0.1, 0.15) is 5.82 Å². The van der Waals surface area contributed by atoms with E-state index in [0.29, 0.717) is 17.0 Å². The van der Waals surface area contributed by atoms with Crippen molar-refractivity contribution in [2.24, 2.45) is 5.92 Å². The molecule has 0 radical (unpaired) electrons. The normalized spacial score (nSPS) is 16.6. The van der Waals surface area contributed by atoms with Gasteiger partial charge in [-0.15, -0.1) is 0 Å². The SMILES string of the molecule is O=C(O)c1ccccc1/C=C/c1cc(F)cc(/C=C/C2C=CC=CC2)c1.